The standard InChI is InChI=1S/C22H36N2O7S/c1-21(2,3)30-19(25)15(23-20(26)31-22(4,5)6)13-14-32(9,27)24-18-16(28-7)11-10-12-17(18)29-8/h10-12,15H,13-14H2,1-9H3,(H,23,26)/t15-,32?/m0/s1. The number of alkyl carbamates (subject to hydrolysis) is 1. The SMILES string of the molecule is COc1cccc(OC)c1N=S(C)(=O)CC[C@H](NC(=O)OC(C)(C)C)C(=O)OC(C)(C)C. The fraction of sp³-hybridized carbons (Fsp3) is 0.636. The number of hydrogen-bond acceptors (Lipinski definition) is 8. The van der Waals surface area contributed by atoms with Gasteiger partial charge in [-0.25, -0.2) is 13.8 Å². The number of nitrogens with one attached hydrogen (secondary N) is 1. The largest absolute Gasteiger partial charge is 0.494 e. The Balaban J connectivity index is 3.14. The predicted octanol–water partition coefficient (Wildman–Crippen LogP) is 4.06. The molecule has 0 fully saturated rings. The summed E-state index contributed by atoms with van der Waals surface area (Å²) >= 11 is 0. The fourth-order valence-corrected chi connectivity index (χ4v) is 3.90. The van der Waals surface area contributed by atoms with E-state index in [1.54, 1.807) is 59.7 Å². The number of ether oxygens (including phenoxy) is 4. The third-order valence-corrected chi connectivity index (χ3v) is 5.42. The Morgan fingerprint density at radius 2 is 1.50 bits per heavy atom. The van der Waals surface area contributed by atoms with E-state index in [1.807, 2.05) is 0 Å². The van der Waals surface area contributed by atoms with E-state index in [9.17, 15) is 13.8 Å². The van der Waals surface area contributed by atoms with Crippen molar-refractivity contribution >= 4 is 27.5 Å². The number of nitrogens with zero attached hydrogens (tertiary/aromatic N) is 1. The summed E-state index contributed by atoms with van der Waals surface area (Å²) in [5, 5.41) is 2.53. The Morgan fingerprint density at radius 3 is 1.94 bits per heavy atom. The third-order valence-electron chi connectivity index (χ3n) is 3.85. The summed E-state index contributed by atoms with van der Waals surface area (Å²) in [5.41, 5.74) is -1.18. The third kappa shape index (κ3) is 9.76. The van der Waals surface area contributed by atoms with Crippen molar-refractivity contribution in [1.29, 1.82) is 0 Å². The van der Waals surface area contributed by atoms with Crippen molar-refractivity contribution in [2.75, 3.05) is 26.2 Å². The predicted molar refractivity (Wildman–Crippen MR) is 124 cm³/mol. The summed E-state index contributed by atoms with van der Waals surface area (Å²) in [7, 11) is 0.134. The van der Waals surface area contributed by atoms with Crippen LogP contribution in [0.1, 0.15) is 48.0 Å². The van der Waals surface area contributed by atoms with E-state index in [0.29, 0.717) is 17.2 Å². The Bertz CT molecular complexity index is 901. The molecule has 0 radical (unpaired) electrons. The van der Waals surface area contributed by atoms with Crippen LogP contribution in [0.25, 0.3) is 0 Å². The minimum Gasteiger partial charge on any atom is -0.494 e. The molecule has 1 aromatic carbocycles. The van der Waals surface area contributed by atoms with Crippen molar-refractivity contribution in [3.63, 3.8) is 0 Å². The molecule has 1 N–H and O–H groups in total. The molecule has 2 atom stereocenters. The van der Waals surface area contributed by atoms with Crippen LogP contribution in [0.5, 0.6) is 11.5 Å². The second-order valence-electron chi connectivity index (χ2n) is 9.29. The maximum absolute atomic E-state index is 13.2. The summed E-state index contributed by atoms with van der Waals surface area (Å²) in [6.07, 6.45) is 0.738. The van der Waals surface area contributed by atoms with Crippen molar-refractivity contribution in [2.45, 2.75) is 65.2 Å². The van der Waals surface area contributed by atoms with Crippen molar-refractivity contribution in [3.8, 4) is 11.5 Å². The van der Waals surface area contributed by atoms with Gasteiger partial charge in [-0.3, -0.25) is 0 Å². The first kappa shape index (κ1) is 27.5. The Kier molecular flexibility index (Phi) is 9.37. The molecule has 0 heterocycles. The number of methoxy groups -OCH3 is 2. The molecular formula is C22H36N2O7S. The van der Waals surface area contributed by atoms with Gasteiger partial charge in [0, 0.05) is 21.7 Å². The van der Waals surface area contributed by atoms with E-state index in [1.165, 1.54) is 20.5 Å². The van der Waals surface area contributed by atoms with E-state index in [-0.39, 0.29) is 12.2 Å². The van der Waals surface area contributed by atoms with Gasteiger partial charge in [-0.15, -0.1) is 0 Å². The lowest BCUT2D eigenvalue weighted by molar-refractivity contribution is -0.157. The minimum atomic E-state index is -2.83. The molecule has 0 aromatic heterocycles. The maximum Gasteiger partial charge on any atom is 0.408 e. The molecular weight excluding hydrogens is 436 g/mol. The zero-order valence-corrected chi connectivity index (χ0v) is 21.3. The fourth-order valence-electron chi connectivity index (χ4n) is 2.57. The van der Waals surface area contributed by atoms with E-state index >= 15 is 0 Å². The number of hydrogen-bond donors (Lipinski definition) is 1. The number of carbonyl (C=O) groups excluding carboxylic acids is 2. The van der Waals surface area contributed by atoms with Gasteiger partial charge in [0.25, 0.3) is 0 Å². The quantitative estimate of drug-likeness (QED) is 0.568. The van der Waals surface area contributed by atoms with Crippen molar-refractivity contribution in [1.82, 2.24) is 5.32 Å². The normalized spacial score (nSPS) is 14.5. The highest BCUT2D eigenvalue weighted by Gasteiger charge is 2.29. The average molecular weight is 473 g/mol. The highest BCUT2D eigenvalue weighted by atomic mass is 32.2. The van der Waals surface area contributed by atoms with Crippen LogP contribution in [-0.4, -0.2) is 59.7 Å². The average Bonchev–Trinajstić information content (AvgIpc) is 2.62. The molecule has 9 nitrogen and oxygen atoms in total. The van der Waals surface area contributed by atoms with Crippen molar-refractivity contribution in [3.05, 3.63) is 18.2 Å². The van der Waals surface area contributed by atoms with Crippen LogP contribution in [0.3, 0.4) is 0 Å². The monoisotopic (exact) mass is 472 g/mol. The molecule has 0 spiro atoms. The van der Waals surface area contributed by atoms with Gasteiger partial charge in [-0.05, 0) is 60.1 Å². The van der Waals surface area contributed by atoms with Crippen LogP contribution in [0.2, 0.25) is 0 Å². The Labute approximate surface area is 191 Å². The second-order valence-corrected chi connectivity index (χ2v) is 11.8. The first-order valence-corrected chi connectivity index (χ1v) is 12.3. The molecule has 0 aliphatic carbocycles. The minimum absolute atomic E-state index is 0.00785. The summed E-state index contributed by atoms with van der Waals surface area (Å²) in [6, 6.07) is 4.05. The van der Waals surface area contributed by atoms with Gasteiger partial charge in [0.05, 0.1) is 14.2 Å². The van der Waals surface area contributed by atoms with Crippen LogP contribution >= 0.6 is 0 Å². The molecule has 0 bridgehead atoms. The second kappa shape index (κ2) is 10.9. The van der Waals surface area contributed by atoms with Gasteiger partial charge in [0.15, 0.2) is 5.69 Å². The Hall–Kier alpha value is -2.49. The molecule has 10 heteroatoms. The summed E-state index contributed by atoms with van der Waals surface area (Å²) < 4.78 is 38.9. The molecule has 182 valence electrons. The van der Waals surface area contributed by atoms with E-state index in [0.717, 1.165) is 0 Å². The molecule has 0 saturated heterocycles. The van der Waals surface area contributed by atoms with Gasteiger partial charge >= 0.3 is 12.1 Å². The first-order valence-electron chi connectivity index (χ1n) is 10.2. The molecule has 1 rings (SSSR count). The van der Waals surface area contributed by atoms with Crippen LogP contribution in [0, 0.1) is 0 Å². The molecule has 1 unspecified atom stereocenters. The topological polar surface area (TPSA) is 113 Å². The highest BCUT2D eigenvalue weighted by Crippen LogP contribution is 2.38. The van der Waals surface area contributed by atoms with Crippen molar-refractivity contribution in [2.24, 2.45) is 4.36 Å². The number of benzene rings is 1. The first-order chi connectivity index (χ1) is 14.6. The molecule has 0 aliphatic heterocycles. The molecule has 0 aliphatic rings. The van der Waals surface area contributed by atoms with E-state index in [4.69, 9.17) is 18.9 Å². The lowest BCUT2D eigenvalue weighted by Gasteiger charge is -2.26. The highest BCUT2D eigenvalue weighted by molar-refractivity contribution is 7.93. The van der Waals surface area contributed by atoms with Crippen molar-refractivity contribution < 1.29 is 32.7 Å². The zero-order chi connectivity index (χ0) is 24.7. The molecule has 1 amide bonds. The number of esters is 1. The van der Waals surface area contributed by atoms with Gasteiger partial charge in [0.2, 0.25) is 0 Å². The van der Waals surface area contributed by atoms with E-state index in [2.05, 4.69) is 9.68 Å². The lowest BCUT2D eigenvalue weighted by Crippen LogP contribution is -2.46. The van der Waals surface area contributed by atoms with Crippen LogP contribution in [-0.2, 0) is 24.0 Å². The maximum atomic E-state index is 13.2. The summed E-state index contributed by atoms with van der Waals surface area (Å²) in [6.45, 7) is 10.3. The number of amides is 1. The Morgan fingerprint density at radius 1 is 1.00 bits per heavy atom. The smallest absolute Gasteiger partial charge is 0.408 e. The van der Waals surface area contributed by atoms with Crippen LogP contribution in [0.4, 0.5) is 10.5 Å². The zero-order valence-electron chi connectivity index (χ0n) is 20.4. The van der Waals surface area contributed by atoms with Crippen LogP contribution in [0.15, 0.2) is 22.6 Å². The van der Waals surface area contributed by atoms with Gasteiger partial charge in [-0.1, -0.05) is 6.07 Å². The lowest BCUT2D eigenvalue weighted by atomic mass is 10.1. The van der Waals surface area contributed by atoms with Gasteiger partial charge in [-0.2, -0.15) is 4.36 Å². The molecule has 1 aromatic rings. The van der Waals surface area contributed by atoms with Crippen LogP contribution < -0.4 is 14.8 Å². The van der Waals surface area contributed by atoms with E-state index < -0.39 is 39.0 Å². The van der Waals surface area contributed by atoms with Gasteiger partial charge < -0.3 is 24.3 Å². The number of rotatable bonds is 8. The number of carbonyl (C=O) groups is 2. The molecule has 0 saturated carbocycles. The molecule has 32 heavy (non-hydrogen) atoms. The summed E-state index contributed by atoms with van der Waals surface area (Å²) in [5.74, 6) is 0.186. The summed E-state index contributed by atoms with van der Waals surface area (Å²) in [4.78, 5) is 24.9. The van der Waals surface area contributed by atoms with Gasteiger partial charge in [0.1, 0.15) is 28.7 Å².